The predicted octanol–water partition coefficient (Wildman–Crippen LogP) is 2.08. The van der Waals surface area contributed by atoms with Crippen LogP contribution in [0.2, 0.25) is 0 Å². The van der Waals surface area contributed by atoms with E-state index >= 15 is 0 Å². The first-order valence-electron chi connectivity index (χ1n) is 8.97. The molecule has 144 valence electrons. The summed E-state index contributed by atoms with van der Waals surface area (Å²) in [7, 11) is 1.73. The van der Waals surface area contributed by atoms with Gasteiger partial charge in [-0.15, -0.1) is 11.3 Å². The molecule has 2 N–H and O–H groups in total. The second-order valence-corrected chi connectivity index (χ2v) is 8.07. The number of ether oxygens (including phenoxy) is 1. The molecule has 1 aromatic heterocycles. The summed E-state index contributed by atoms with van der Waals surface area (Å²) in [5.41, 5.74) is 0. The standard InChI is InChI=1S/C17H26N4O4S/c1-11-14(5-7-21(11)17(23)24)15(22)19-16-18-8-13(26-16)9-20-6-3-4-12(20)10-25-2/h8,11-12,14H,3-7,9-10H2,1-2H3,(H,23,24)(H,18,19,22)/t11-,12+,14-/m0/s1. The third kappa shape index (κ3) is 4.16. The van der Waals surface area contributed by atoms with Crippen molar-refractivity contribution in [3.05, 3.63) is 11.1 Å². The maximum Gasteiger partial charge on any atom is 0.407 e. The highest BCUT2D eigenvalue weighted by Crippen LogP contribution is 2.28. The fraction of sp³-hybridized carbons (Fsp3) is 0.706. The van der Waals surface area contributed by atoms with Gasteiger partial charge in [0, 0.05) is 43.4 Å². The zero-order valence-electron chi connectivity index (χ0n) is 15.2. The summed E-state index contributed by atoms with van der Waals surface area (Å²) in [4.78, 5) is 32.8. The third-order valence-electron chi connectivity index (χ3n) is 5.34. The summed E-state index contributed by atoms with van der Waals surface area (Å²) in [6.45, 7) is 4.78. The summed E-state index contributed by atoms with van der Waals surface area (Å²) in [6, 6.07) is 0.132. The Morgan fingerprint density at radius 1 is 1.42 bits per heavy atom. The molecule has 0 aromatic carbocycles. The second-order valence-electron chi connectivity index (χ2n) is 6.95. The maximum atomic E-state index is 12.5. The lowest BCUT2D eigenvalue weighted by Crippen LogP contribution is -2.38. The van der Waals surface area contributed by atoms with Crippen molar-refractivity contribution in [3.8, 4) is 0 Å². The van der Waals surface area contributed by atoms with Gasteiger partial charge in [-0.2, -0.15) is 0 Å². The molecule has 1 aromatic rings. The van der Waals surface area contributed by atoms with E-state index in [4.69, 9.17) is 9.84 Å². The molecule has 0 spiro atoms. The van der Waals surface area contributed by atoms with Gasteiger partial charge in [0.05, 0.1) is 12.5 Å². The average molecular weight is 382 g/mol. The van der Waals surface area contributed by atoms with Crippen LogP contribution >= 0.6 is 11.3 Å². The van der Waals surface area contributed by atoms with Gasteiger partial charge in [-0.1, -0.05) is 0 Å². The topological polar surface area (TPSA) is 95.0 Å². The highest BCUT2D eigenvalue weighted by molar-refractivity contribution is 7.15. The monoisotopic (exact) mass is 382 g/mol. The van der Waals surface area contributed by atoms with Crippen LogP contribution in [-0.2, 0) is 16.1 Å². The smallest absolute Gasteiger partial charge is 0.407 e. The first-order chi connectivity index (χ1) is 12.5. The normalized spacial score (nSPS) is 26.4. The summed E-state index contributed by atoms with van der Waals surface area (Å²) >= 11 is 1.48. The summed E-state index contributed by atoms with van der Waals surface area (Å²) in [6.07, 6.45) is 3.71. The lowest BCUT2D eigenvalue weighted by Gasteiger charge is -2.22. The molecule has 3 heterocycles. The van der Waals surface area contributed by atoms with Gasteiger partial charge in [0.1, 0.15) is 0 Å². The molecule has 0 saturated carbocycles. The minimum Gasteiger partial charge on any atom is -0.465 e. The molecular weight excluding hydrogens is 356 g/mol. The molecule has 2 saturated heterocycles. The Hall–Kier alpha value is -1.71. The lowest BCUT2D eigenvalue weighted by molar-refractivity contribution is -0.120. The van der Waals surface area contributed by atoms with E-state index in [0.29, 0.717) is 24.1 Å². The van der Waals surface area contributed by atoms with Crippen molar-refractivity contribution in [2.24, 2.45) is 5.92 Å². The number of carbonyl (C=O) groups is 2. The molecule has 0 radical (unpaired) electrons. The van der Waals surface area contributed by atoms with Crippen LogP contribution in [0.1, 0.15) is 31.1 Å². The quantitative estimate of drug-likeness (QED) is 0.782. The predicted molar refractivity (Wildman–Crippen MR) is 98.4 cm³/mol. The van der Waals surface area contributed by atoms with Gasteiger partial charge in [-0.25, -0.2) is 9.78 Å². The van der Waals surface area contributed by atoms with E-state index in [1.807, 2.05) is 6.20 Å². The van der Waals surface area contributed by atoms with Gasteiger partial charge in [-0.05, 0) is 32.7 Å². The molecule has 9 heteroatoms. The Morgan fingerprint density at radius 3 is 2.92 bits per heavy atom. The number of aromatic nitrogens is 1. The van der Waals surface area contributed by atoms with E-state index in [2.05, 4.69) is 15.2 Å². The van der Waals surface area contributed by atoms with Crippen molar-refractivity contribution in [1.82, 2.24) is 14.8 Å². The number of thiazole rings is 1. The van der Waals surface area contributed by atoms with E-state index < -0.39 is 6.09 Å². The van der Waals surface area contributed by atoms with Crippen molar-refractivity contribution < 1.29 is 19.4 Å². The minimum absolute atomic E-state index is 0.152. The van der Waals surface area contributed by atoms with E-state index in [0.717, 1.165) is 31.0 Å². The Bertz CT molecular complexity index is 652. The number of hydrogen-bond acceptors (Lipinski definition) is 6. The van der Waals surface area contributed by atoms with Crippen LogP contribution in [-0.4, -0.2) is 70.8 Å². The van der Waals surface area contributed by atoms with Crippen molar-refractivity contribution in [2.75, 3.05) is 32.1 Å². The highest BCUT2D eigenvalue weighted by atomic mass is 32.1. The summed E-state index contributed by atoms with van der Waals surface area (Å²) in [5.74, 6) is -0.483. The number of carbonyl (C=O) groups excluding carboxylic acids is 1. The van der Waals surface area contributed by atoms with Crippen LogP contribution in [0.15, 0.2) is 6.20 Å². The third-order valence-corrected chi connectivity index (χ3v) is 6.24. The number of nitrogens with zero attached hydrogens (tertiary/aromatic N) is 3. The van der Waals surface area contributed by atoms with Gasteiger partial charge in [0.2, 0.25) is 5.91 Å². The van der Waals surface area contributed by atoms with Gasteiger partial charge in [0.25, 0.3) is 0 Å². The summed E-state index contributed by atoms with van der Waals surface area (Å²) in [5, 5.41) is 12.6. The van der Waals surface area contributed by atoms with Crippen molar-refractivity contribution >= 4 is 28.5 Å². The molecule has 26 heavy (non-hydrogen) atoms. The molecule has 8 nitrogen and oxygen atoms in total. The summed E-state index contributed by atoms with van der Waals surface area (Å²) < 4.78 is 5.29. The number of rotatable bonds is 6. The van der Waals surface area contributed by atoms with E-state index in [-0.39, 0.29) is 17.9 Å². The molecule has 2 fully saturated rings. The second kappa shape index (κ2) is 8.32. The van der Waals surface area contributed by atoms with Crippen LogP contribution in [0.4, 0.5) is 9.93 Å². The first-order valence-corrected chi connectivity index (χ1v) is 9.79. The van der Waals surface area contributed by atoms with Gasteiger partial charge in [-0.3, -0.25) is 9.69 Å². The molecule has 0 aliphatic carbocycles. The van der Waals surface area contributed by atoms with E-state index in [9.17, 15) is 9.59 Å². The van der Waals surface area contributed by atoms with E-state index in [1.54, 1.807) is 14.0 Å². The number of nitrogens with one attached hydrogen (secondary N) is 1. The Morgan fingerprint density at radius 2 is 2.23 bits per heavy atom. The molecule has 3 atom stereocenters. The molecule has 2 aliphatic heterocycles. The highest BCUT2D eigenvalue weighted by Gasteiger charge is 2.38. The fourth-order valence-electron chi connectivity index (χ4n) is 3.88. The van der Waals surface area contributed by atoms with Crippen LogP contribution in [0.5, 0.6) is 0 Å². The van der Waals surface area contributed by atoms with Gasteiger partial charge < -0.3 is 20.1 Å². The molecule has 2 aliphatic rings. The number of methoxy groups -OCH3 is 1. The number of hydrogen-bond donors (Lipinski definition) is 2. The van der Waals surface area contributed by atoms with Crippen molar-refractivity contribution in [3.63, 3.8) is 0 Å². The lowest BCUT2D eigenvalue weighted by atomic mass is 10.0. The van der Waals surface area contributed by atoms with Crippen LogP contribution in [0.3, 0.4) is 0 Å². The number of carboxylic acid groups (broad SMARTS) is 1. The zero-order valence-corrected chi connectivity index (χ0v) is 16.0. The maximum absolute atomic E-state index is 12.5. The Kier molecular flexibility index (Phi) is 6.10. The fourth-order valence-corrected chi connectivity index (χ4v) is 4.72. The van der Waals surface area contributed by atoms with Gasteiger partial charge >= 0.3 is 6.09 Å². The van der Waals surface area contributed by atoms with E-state index in [1.165, 1.54) is 22.7 Å². The number of anilines is 1. The SMILES string of the molecule is COC[C@H]1CCCN1Cc1cnc(NC(=O)[C@H]2CCN(C(=O)O)[C@H]2C)s1. The molecule has 3 rings (SSSR count). The molecular formula is C17H26N4O4S. The number of likely N-dealkylation sites (tertiary alicyclic amines) is 2. The first kappa shape index (κ1) is 19.1. The zero-order chi connectivity index (χ0) is 18.7. The van der Waals surface area contributed by atoms with Crippen LogP contribution < -0.4 is 5.32 Å². The van der Waals surface area contributed by atoms with Crippen LogP contribution in [0, 0.1) is 5.92 Å². The molecule has 2 amide bonds. The largest absolute Gasteiger partial charge is 0.465 e. The number of amides is 2. The van der Waals surface area contributed by atoms with Crippen molar-refractivity contribution in [1.29, 1.82) is 0 Å². The van der Waals surface area contributed by atoms with Crippen molar-refractivity contribution in [2.45, 2.75) is 44.8 Å². The van der Waals surface area contributed by atoms with Crippen LogP contribution in [0.25, 0.3) is 0 Å². The molecule has 0 bridgehead atoms. The minimum atomic E-state index is -0.972. The Labute approximate surface area is 157 Å². The van der Waals surface area contributed by atoms with Gasteiger partial charge in [0.15, 0.2) is 5.13 Å². The molecule has 0 unspecified atom stereocenters. The average Bonchev–Trinajstić information content (AvgIpc) is 3.30. The Balaban J connectivity index is 1.55.